The first kappa shape index (κ1) is 37.8. The van der Waals surface area contributed by atoms with Crippen LogP contribution >= 0.6 is 31.7 Å². The average molecular weight is 693 g/mol. The third kappa shape index (κ3) is 11.8. The minimum Gasteiger partial charge on any atom is -0.468 e. The molecule has 0 saturated carbocycles. The largest absolute Gasteiger partial charge is 0.468 e. The fourth-order valence-electron chi connectivity index (χ4n) is 3.78. The van der Waals surface area contributed by atoms with Gasteiger partial charge in [-0.1, -0.05) is 29.3 Å². The SMILES string of the molecule is COC(=O)C(C)NP(Oc1ccc(C(F)(F)F)cc1)N1CCC(NC(=O)/C(N)=C(/C=N)NC=O)CC1.Cc1c(Cl)cccc1Cl. The van der Waals surface area contributed by atoms with Crippen molar-refractivity contribution in [1.29, 1.82) is 5.41 Å². The number of piperidine rings is 1. The number of hydrogen-bond donors (Lipinski definition) is 5. The van der Waals surface area contributed by atoms with Crippen molar-refractivity contribution in [3.63, 3.8) is 0 Å². The van der Waals surface area contributed by atoms with Crippen LogP contribution in [0.2, 0.25) is 10.0 Å². The summed E-state index contributed by atoms with van der Waals surface area (Å²) in [5, 5.41) is 16.6. The van der Waals surface area contributed by atoms with E-state index >= 15 is 0 Å². The smallest absolute Gasteiger partial charge is 0.416 e. The lowest BCUT2D eigenvalue weighted by atomic mass is 10.1. The van der Waals surface area contributed by atoms with Crippen molar-refractivity contribution in [3.8, 4) is 5.75 Å². The zero-order valence-electron chi connectivity index (χ0n) is 24.6. The van der Waals surface area contributed by atoms with Gasteiger partial charge in [0.15, 0.2) is 0 Å². The number of rotatable bonds is 11. The van der Waals surface area contributed by atoms with Crippen LogP contribution in [0.4, 0.5) is 13.2 Å². The van der Waals surface area contributed by atoms with Gasteiger partial charge in [0.05, 0.1) is 18.4 Å². The van der Waals surface area contributed by atoms with Crippen LogP contribution in [0, 0.1) is 12.3 Å². The highest BCUT2D eigenvalue weighted by atomic mass is 35.5. The number of halogens is 5. The molecule has 0 spiro atoms. The van der Waals surface area contributed by atoms with Crippen LogP contribution in [-0.4, -0.2) is 61.5 Å². The lowest BCUT2D eigenvalue weighted by Gasteiger charge is -2.37. The second-order valence-corrected chi connectivity index (χ2v) is 11.9. The maximum Gasteiger partial charge on any atom is 0.416 e. The van der Waals surface area contributed by atoms with Gasteiger partial charge in [-0.05, 0) is 68.7 Å². The molecule has 0 aliphatic carbocycles. The number of ether oxygens (including phenoxy) is 1. The molecule has 0 radical (unpaired) electrons. The topological polar surface area (TPSA) is 159 Å². The van der Waals surface area contributed by atoms with Crippen molar-refractivity contribution >= 4 is 56.2 Å². The molecule has 45 heavy (non-hydrogen) atoms. The molecule has 2 amide bonds. The summed E-state index contributed by atoms with van der Waals surface area (Å²) in [5.74, 6) is -0.982. The van der Waals surface area contributed by atoms with Crippen molar-refractivity contribution < 1.29 is 36.8 Å². The fraction of sp³-hybridized carbons (Fsp3) is 0.357. The minimum atomic E-state index is -4.48. The highest BCUT2D eigenvalue weighted by molar-refractivity contribution is 7.48. The Morgan fingerprint density at radius 1 is 1.13 bits per heavy atom. The zero-order valence-corrected chi connectivity index (χ0v) is 27.0. The van der Waals surface area contributed by atoms with Crippen molar-refractivity contribution in [1.82, 2.24) is 20.4 Å². The van der Waals surface area contributed by atoms with E-state index in [9.17, 15) is 27.6 Å². The number of nitrogens with two attached hydrogens (primary N) is 1. The zero-order chi connectivity index (χ0) is 33.7. The summed E-state index contributed by atoms with van der Waals surface area (Å²) in [6.45, 7) is 4.32. The van der Waals surface area contributed by atoms with Crippen LogP contribution in [0.15, 0.2) is 53.9 Å². The molecular formula is C28H34Cl2F3N6O5P. The lowest BCUT2D eigenvalue weighted by molar-refractivity contribution is -0.142. The van der Waals surface area contributed by atoms with Gasteiger partial charge in [0, 0.05) is 35.4 Å². The summed E-state index contributed by atoms with van der Waals surface area (Å²) in [5.41, 5.74) is 5.41. The molecule has 0 bridgehead atoms. The van der Waals surface area contributed by atoms with Crippen LogP contribution in [0.5, 0.6) is 5.75 Å². The van der Waals surface area contributed by atoms with Gasteiger partial charge in [-0.2, -0.15) is 13.2 Å². The second-order valence-electron chi connectivity index (χ2n) is 9.54. The van der Waals surface area contributed by atoms with Crippen LogP contribution in [0.25, 0.3) is 0 Å². The molecule has 1 heterocycles. The minimum absolute atomic E-state index is 0.130. The summed E-state index contributed by atoms with van der Waals surface area (Å²) < 4.78 is 51.2. The second kappa shape index (κ2) is 17.9. The Balaban J connectivity index is 0.000000669. The number of esters is 1. The number of carbonyl (C=O) groups is 3. The van der Waals surface area contributed by atoms with Gasteiger partial charge in [-0.3, -0.25) is 14.4 Å². The maximum absolute atomic E-state index is 12.9. The predicted molar refractivity (Wildman–Crippen MR) is 167 cm³/mol. The Kier molecular flexibility index (Phi) is 15.0. The number of amides is 2. The molecule has 3 rings (SSSR count). The van der Waals surface area contributed by atoms with E-state index in [1.54, 1.807) is 6.92 Å². The number of benzene rings is 2. The van der Waals surface area contributed by atoms with Crippen molar-refractivity contribution in [2.45, 2.75) is 44.9 Å². The number of hydrogen-bond acceptors (Lipinski definition) is 9. The molecule has 1 aliphatic rings. The van der Waals surface area contributed by atoms with Crippen LogP contribution in [-0.2, 0) is 25.3 Å². The number of alkyl halides is 3. The summed E-state index contributed by atoms with van der Waals surface area (Å²) in [7, 11) is -0.426. The predicted octanol–water partition coefficient (Wildman–Crippen LogP) is 4.91. The van der Waals surface area contributed by atoms with E-state index in [-0.39, 0.29) is 23.2 Å². The van der Waals surface area contributed by atoms with Gasteiger partial charge in [-0.15, -0.1) is 0 Å². The fourth-order valence-corrected chi connectivity index (χ4v) is 5.87. The highest BCUT2D eigenvalue weighted by Gasteiger charge is 2.33. The van der Waals surface area contributed by atoms with Crippen molar-refractivity contribution in [2.24, 2.45) is 5.73 Å². The van der Waals surface area contributed by atoms with E-state index in [2.05, 4.69) is 15.7 Å². The standard InChI is InChI=1S/C21H28F3N6O5P.C7H6Cl2/c1-13(20(33)34-2)29-36(35-16-5-3-14(4-6-16)21(22,23)24)30-9-7-15(8-10-30)28-19(32)18(26)17(11-25)27-12-31;1-5-6(8)3-2-4-7(5)9/h3-6,11-13,15,25,29H,7-10,26H2,1-2H3,(H,27,31)(H,28,32);2-4H,1H3/b18-17+,25-11?;. The Morgan fingerprint density at radius 3 is 2.18 bits per heavy atom. The van der Waals surface area contributed by atoms with Gasteiger partial charge in [-0.25, -0.2) is 9.76 Å². The lowest BCUT2D eigenvalue weighted by Crippen LogP contribution is -2.47. The highest BCUT2D eigenvalue weighted by Crippen LogP contribution is 2.41. The molecule has 1 aliphatic heterocycles. The van der Waals surface area contributed by atoms with Crippen LogP contribution in [0.1, 0.15) is 30.9 Å². The van der Waals surface area contributed by atoms with Crippen molar-refractivity contribution in [3.05, 3.63) is 75.0 Å². The summed E-state index contributed by atoms with van der Waals surface area (Å²) >= 11 is 11.5. The normalized spacial score (nSPS) is 15.7. The third-order valence-electron chi connectivity index (χ3n) is 6.39. The van der Waals surface area contributed by atoms with Gasteiger partial charge in [0.1, 0.15) is 17.5 Å². The number of nitrogens with zero attached hydrogens (tertiary/aromatic N) is 1. The van der Waals surface area contributed by atoms with E-state index in [4.69, 9.17) is 43.6 Å². The summed E-state index contributed by atoms with van der Waals surface area (Å²) in [4.78, 5) is 34.9. The Bertz CT molecular complexity index is 1340. The van der Waals surface area contributed by atoms with Crippen LogP contribution in [0.3, 0.4) is 0 Å². The first-order chi connectivity index (χ1) is 21.2. The number of methoxy groups -OCH3 is 1. The Hall–Kier alpha value is -3.42. The van der Waals surface area contributed by atoms with Crippen LogP contribution < -0.4 is 26.0 Å². The molecule has 1 fully saturated rings. The van der Waals surface area contributed by atoms with Gasteiger partial charge >= 0.3 is 12.1 Å². The van der Waals surface area contributed by atoms with Gasteiger partial charge < -0.3 is 31.0 Å². The first-order valence-corrected chi connectivity index (χ1v) is 15.3. The molecule has 11 nitrogen and oxygen atoms in total. The molecule has 1 saturated heterocycles. The molecule has 0 aromatic heterocycles. The molecular weight excluding hydrogens is 659 g/mol. The third-order valence-corrected chi connectivity index (χ3v) is 9.12. The molecule has 2 aromatic rings. The van der Waals surface area contributed by atoms with Gasteiger partial charge in [0.25, 0.3) is 5.91 Å². The number of allylic oxidation sites excluding steroid dienone is 1. The summed E-state index contributed by atoms with van der Waals surface area (Å²) in [6, 6.07) is 8.70. The Labute approximate surface area is 270 Å². The van der Waals surface area contributed by atoms with Crippen molar-refractivity contribution in [2.75, 3.05) is 20.2 Å². The average Bonchev–Trinajstić information content (AvgIpc) is 3.01. The molecule has 2 atom stereocenters. The molecule has 246 valence electrons. The monoisotopic (exact) mass is 692 g/mol. The van der Waals surface area contributed by atoms with E-state index in [1.165, 1.54) is 19.2 Å². The summed E-state index contributed by atoms with van der Waals surface area (Å²) in [6.07, 6.45) is -2.46. The molecule has 2 aromatic carbocycles. The number of nitrogens with one attached hydrogen (secondary N) is 4. The van der Waals surface area contributed by atoms with E-state index < -0.39 is 38.1 Å². The van der Waals surface area contributed by atoms with Gasteiger partial charge in [0.2, 0.25) is 14.9 Å². The number of carbonyl (C=O) groups excluding carboxylic acids is 3. The molecule has 2 unspecified atom stereocenters. The quantitative estimate of drug-likeness (QED) is 0.0731. The Morgan fingerprint density at radius 2 is 1.71 bits per heavy atom. The van der Waals surface area contributed by atoms with E-state index in [0.29, 0.717) is 32.3 Å². The first-order valence-electron chi connectivity index (χ1n) is 13.4. The molecule has 17 heteroatoms. The van der Waals surface area contributed by atoms with E-state index in [1.807, 2.05) is 29.8 Å². The molecule has 6 N–H and O–H groups in total. The maximum atomic E-state index is 12.9. The van der Waals surface area contributed by atoms with E-state index in [0.717, 1.165) is 34.0 Å².